The van der Waals surface area contributed by atoms with Crippen molar-refractivity contribution in [3.8, 4) is 0 Å². The molecule has 0 bridgehead atoms. The number of hydrogen-bond acceptors (Lipinski definition) is 1. The van der Waals surface area contributed by atoms with Crippen molar-refractivity contribution in [1.82, 2.24) is 9.88 Å². The van der Waals surface area contributed by atoms with Gasteiger partial charge in [0.1, 0.15) is 0 Å². The normalized spacial score (nSPS) is 21.0. The Morgan fingerprint density at radius 2 is 2.04 bits per heavy atom. The number of rotatable bonds is 1. The number of aryl methyl sites for hydroxylation is 1. The summed E-state index contributed by atoms with van der Waals surface area (Å²) in [5.41, 5.74) is 5.07. The molecular weight excluding hydrogens is 339 g/mol. The molecule has 0 aliphatic carbocycles. The molecule has 0 saturated carbocycles. The molecule has 0 radical (unpaired) electrons. The van der Waals surface area contributed by atoms with Gasteiger partial charge < -0.3 is 9.88 Å². The number of allylic oxidation sites excluding steroid dienone is 2. The zero-order valence-corrected chi connectivity index (χ0v) is 15.4. The molecule has 2 aliphatic heterocycles. The van der Waals surface area contributed by atoms with Gasteiger partial charge in [0, 0.05) is 35.4 Å². The Hall–Kier alpha value is -1.38. The number of nitrogens with zero attached hydrogens (tertiary/aromatic N) is 1. The molecule has 1 unspecified atom stereocenters. The van der Waals surface area contributed by atoms with Gasteiger partial charge >= 0.3 is 0 Å². The average Bonchev–Trinajstić information content (AvgIpc) is 2.76. The third-order valence-electron chi connectivity index (χ3n) is 5.12. The molecule has 0 spiro atoms. The minimum absolute atomic E-state index is 0.462. The fourth-order valence-corrected chi connectivity index (χ4v) is 4.32. The molecule has 2 aliphatic rings. The van der Waals surface area contributed by atoms with Crippen LogP contribution in [0.2, 0.25) is 10.0 Å². The lowest BCUT2D eigenvalue weighted by atomic mass is 9.99. The van der Waals surface area contributed by atoms with Gasteiger partial charge in [-0.05, 0) is 44.2 Å². The van der Waals surface area contributed by atoms with Crippen LogP contribution in [-0.4, -0.2) is 10.6 Å². The van der Waals surface area contributed by atoms with Crippen LogP contribution in [0, 0.1) is 0 Å². The lowest BCUT2D eigenvalue weighted by Gasteiger charge is -2.10. The summed E-state index contributed by atoms with van der Waals surface area (Å²) in [7, 11) is 0. The van der Waals surface area contributed by atoms with Gasteiger partial charge in [0.2, 0.25) is 0 Å². The molecule has 1 aromatic carbocycles. The average molecular weight is 361 g/mol. The molecule has 2 nitrogen and oxygen atoms in total. The monoisotopic (exact) mass is 360 g/mol. The zero-order valence-electron chi connectivity index (χ0n) is 13.9. The Bertz CT molecular complexity index is 845. The van der Waals surface area contributed by atoms with Crippen molar-refractivity contribution >= 4 is 39.7 Å². The maximum atomic E-state index is 6.62. The van der Waals surface area contributed by atoms with Crippen molar-refractivity contribution in [1.29, 1.82) is 0 Å². The molecule has 1 atom stereocenters. The molecule has 0 saturated heterocycles. The van der Waals surface area contributed by atoms with Crippen LogP contribution in [0.25, 0.3) is 16.5 Å². The molecule has 1 N–H and O–H groups in total. The van der Waals surface area contributed by atoms with E-state index in [0.29, 0.717) is 16.1 Å². The summed E-state index contributed by atoms with van der Waals surface area (Å²) < 4.78 is 2.41. The highest BCUT2D eigenvalue weighted by Crippen LogP contribution is 2.41. The Kier molecular flexibility index (Phi) is 4.36. The Morgan fingerprint density at radius 3 is 2.92 bits per heavy atom. The van der Waals surface area contributed by atoms with Crippen molar-refractivity contribution in [3.05, 3.63) is 51.8 Å². The van der Waals surface area contributed by atoms with Crippen LogP contribution in [0.5, 0.6) is 0 Å². The van der Waals surface area contributed by atoms with Gasteiger partial charge in [0.25, 0.3) is 0 Å². The predicted octanol–water partition coefficient (Wildman–Crippen LogP) is 5.95. The molecule has 3 heterocycles. The van der Waals surface area contributed by atoms with Gasteiger partial charge in [-0.2, -0.15) is 0 Å². The van der Waals surface area contributed by atoms with Gasteiger partial charge in [-0.25, -0.2) is 0 Å². The van der Waals surface area contributed by atoms with E-state index in [9.17, 15) is 0 Å². The summed E-state index contributed by atoms with van der Waals surface area (Å²) in [6, 6.07) is 4.51. The molecule has 2 aromatic rings. The van der Waals surface area contributed by atoms with Gasteiger partial charge in [-0.1, -0.05) is 47.8 Å². The number of fused-ring (bicyclic) bond motifs is 3. The maximum Gasteiger partial charge on any atom is 0.0835 e. The highest BCUT2D eigenvalue weighted by atomic mass is 35.5. The summed E-state index contributed by atoms with van der Waals surface area (Å²) >= 11 is 12.9. The van der Waals surface area contributed by atoms with Crippen LogP contribution >= 0.6 is 23.2 Å². The fraction of sp³-hybridized carbons (Fsp3) is 0.400. The molecule has 24 heavy (non-hydrogen) atoms. The largest absolute Gasteiger partial charge is 0.388 e. The highest BCUT2D eigenvalue weighted by molar-refractivity contribution is 6.45. The number of benzene rings is 1. The van der Waals surface area contributed by atoms with Crippen LogP contribution in [0.15, 0.2) is 30.5 Å². The van der Waals surface area contributed by atoms with E-state index in [4.69, 9.17) is 23.2 Å². The van der Waals surface area contributed by atoms with Crippen molar-refractivity contribution in [2.75, 3.05) is 0 Å². The lowest BCUT2D eigenvalue weighted by Crippen LogP contribution is -2.18. The topological polar surface area (TPSA) is 17.0 Å². The summed E-state index contributed by atoms with van der Waals surface area (Å²) in [4.78, 5) is 0. The first-order valence-corrected chi connectivity index (χ1v) is 9.54. The summed E-state index contributed by atoms with van der Waals surface area (Å²) in [5, 5.41) is 6.04. The molecule has 1 aromatic heterocycles. The van der Waals surface area contributed by atoms with Crippen molar-refractivity contribution < 1.29 is 0 Å². The Labute approximate surface area is 153 Å². The Balaban J connectivity index is 2.01. The number of hydrogen-bond donors (Lipinski definition) is 1. The van der Waals surface area contributed by atoms with Gasteiger partial charge in [-0.15, -0.1) is 0 Å². The van der Waals surface area contributed by atoms with E-state index in [0.717, 1.165) is 24.9 Å². The molecule has 4 rings (SSSR count). The smallest absolute Gasteiger partial charge is 0.0835 e. The molecule has 0 fully saturated rings. The van der Waals surface area contributed by atoms with Gasteiger partial charge in [0.05, 0.1) is 15.6 Å². The first-order chi connectivity index (χ1) is 11.7. The van der Waals surface area contributed by atoms with E-state index < -0.39 is 0 Å². The summed E-state index contributed by atoms with van der Waals surface area (Å²) in [6.07, 6.45) is 12.5. The van der Waals surface area contributed by atoms with E-state index >= 15 is 0 Å². The van der Waals surface area contributed by atoms with Crippen LogP contribution < -0.4 is 5.32 Å². The number of nitrogens with one attached hydrogen (secondary N) is 1. The van der Waals surface area contributed by atoms with Gasteiger partial charge in [-0.3, -0.25) is 0 Å². The summed E-state index contributed by atoms with van der Waals surface area (Å²) in [6.45, 7) is 3.23. The third kappa shape index (κ3) is 2.66. The van der Waals surface area contributed by atoms with Crippen molar-refractivity contribution in [2.45, 2.75) is 51.6 Å². The SMILES string of the molecule is CC1CC=CC(c2c3n(c4c(Cl)c(Cl)ccc24)CCCCC3)=CN1. The summed E-state index contributed by atoms with van der Waals surface area (Å²) in [5.74, 6) is 0. The standard InChI is InChI=1S/C20H22Cl2N2/c1-13-6-5-7-14(12-23-13)18-15-9-10-16(21)19(22)20(15)24-11-4-2-3-8-17(18)24/h5,7,9-10,12-13,23H,2-4,6,8,11H2,1H3. The fourth-order valence-electron chi connectivity index (χ4n) is 3.90. The highest BCUT2D eigenvalue weighted by Gasteiger charge is 2.23. The van der Waals surface area contributed by atoms with Crippen LogP contribution in [0.1, 0.15) is 43.9 Å². The van der Waals surface area contributed by atoms with E-state index in [2.05, 4.69) is 41.2 Å². The lowest BCUT2D eigenvalue weighted by molar-refractivity contribution is 0.648. The van der Waals surface area contributed by atoms with E-state index in [1.165, 1.54) is 41.5 Å². The van der Waals surface area contributed by atoms with Crippen LogP contribution in [-0.2, 0) is 13.0 Å². The Morgan fingerprint density at radius 1 is 1.17 bits per heavy atom. The predicted molar refractivity (Wildman–Crippen MR) is 104 cm³/mol. The van der Waals surface area contributed by atoms with Crippen LogP contribution in [0.3, 0.4) is 0 Å². The number of halogens is 2. The third-order valence-corrected chi connectivity index (χ3v) is 5.91. The molecule has 0 amide bonds. The van der Waals surface area contributed by atoms with E-state index in [-0.39, 0.29) is 0 Å². The minimum atomic E-state index is 0.462. The van der Waals surface area contributed by atoms with E-state index in [1.807, 2.05) is 6.07 Å². The molecular formula is C20H22Cl2N2. The first kappa shape index (κ1) is 16.1. The van der Waals surface area contributed by atoms with Crippen LogP contribution in [0.4, 0.5) is 0 Å². The second kappa shape index (κ2) is 6.50. The second-order valence-electron chi connectivity index (χ2n) is 6.85. The van der Waals surface area contributed by atoms with Crippen molar-refractivity contribution in [3.63, 3.8) is 0 Å². The molecule has 126 valence electrons. The second-order valence-corrected chi connectivity index (χ2v) is 7.63. The first-order valence-electron chi connectivity index (χ1n) is 8.79. The number of aromatic nitrogens is 1. The minimum Gasteiger partial charge on any atom is -0.388 e. The maximum absolute atomic E-state index is 6.62. The van der Waals surface area contributed by atoms with Crippen molar-refractivity contribution in [2.24, 2.45) is 0 Å². The zero-order chi connectivity index (χ0) is 16.7. The van der Waals surface area contributed by atoms with Gasteiger partial charge in [0.15, 0.2) is 0 Å². The molecule has 4 heteroatoms. The van der Waals surface area contributed by atoms with E-state index in [1.54, 1.807) is 0 Å². The quantitative estimate of drug-likeness (QED) is 0.664.